The average Bonchev–Trinajstić information content (AvgIpc) is 2.61. The van der Waals surface area contributed by atoms with Crippen molar-refractivity contribution in [3.8, 4) is 0 Å². The van der Waals surface area contributed by atoms with E-state index in [1.165, 1.54) is 0 Å². The molecule has 2 aromatic carbocycles. The molecular formula is C21H25NO2S. The van der Waals surface area contributed by atoms with Crippen molar-refractivity contribution >= 4 is 10.0 Å². The number of hydrogen-bond donors (Lipinski definition) is 1. The van der Waals surface area contributed by atoms with Crippen molar-refractivity contribution in [1.82, 2.24) is 4.72 Å². The lowest BCUT2D eigenvalue weighted by atomic mass is 9.75. The molecule has 0 aliphatic carbocycles. The Kier molecular flexibility index (Phi) is 6.34. The van der Waals surface area contributed by atoms with Crippen molar-refractivity contribution in [2.24, 2.45) is 0 Å². The summed E-state index contributed by atoms with van der Waals surface area (Å²) in [5.41, 5.74) is 1.69. The summed E-state index contributed by atoms with van der Waals surface area (Å²) in [6.07, 6.45) is 4.96. The average molecular weight is 356 g/mol. The first-order valence-corrected chi connectivity index (χ1v) is 9.75. The minimum absolute atomic E-state index is 0.275. The summed E-state index contributed by atoms with van der Waals surface area (Å²) in [7, 11) is -3.57. The molecule has 2 aromatic rings. The van der Waals surface area contributed by atoms with Crippen LogP contribution in [0.4, 0.5) is 0 Å². The van der Waals surface area contributed by atoms with E-state index in [1.54, 1.807) is 24.3 Å². The van der Waals surface area contributed by atoms with Crippen LogP contribution >= 0.6 is 0 Å². The molecule has 0 bridgehead atoms. The lowest BCUT2D eigenvalue weighted by Gasteiger charge is -2.33. The van der Waals surface area contributed by atoms with E-state index < -0.39 is 15.4 Å². The van der Waals surface area contributed by atoms with E-state index in [-0.39, 0.29) is 11.4 Å². The molecule has 25 heavy (non-hydrogen) atoms. The molecule has 0 aromatic heterocycles. The van der Waals surface area contributed by atoms with E-state index in [1.807, 2.05) is 49.4 Å². The summed E-state index contributed by atoms with van der Waals surface area (Å²) in [5.74, 6) is 0. The molecule has 0 fully saturated rings. The van der Waals surface area contributed by atoms with Crippen LogP contribution in [0.2, 0.25) is 0 Å². The predicted octanol–water partition coefficient (Wildman–Crippen LogP) is 4.36. The Morgan fingerprint density at radius 1 is 0.960 bits per heavy atom. The molecule has 0 unspecified atom stereocenters. The first kappa shape index (κ1) is 19.2. The Balaban J connectivity index is 2.32. The van der Waals surface area contributed by atoms with Gasteiger partial charge in [0.05, 0.1) is 4.90 Å². The number of hydrogen-bond acceptors (Lipinski definition) is 2. The van der Waals surface area contributed by atoms with Gasteiger partial charge in [-0.05, 0) is 37.5 Å². The highest BCUT2D eigenvalue weighted by Gasteiger charge is 2.31. The number of allylic oxidation sites excluding steroid dienone is 2. The van der Waals surface area contributed by atoms with Crippen molar-refractivity contribution in [3.63, 3.8) is 0 Å². The maximum atomic E-state index is 12.7. The van der Waals surface area contributed by atoms with Gasteiger partial charge in [0.25, 0.3) is 0 Å². The number of aryl methyl sites for hydroxylation is 1. The van der Waals surface area contributed by atoms with Crippen molar-refractivity contribution in [2.75, 3.05) is 6.54 Å². The fraction of sp³-hybridized carbons (Fsp3) is 0.238. The zero-order valence-electron chi connectivity index (χ0n) is 14.6. The van der Waals surface area contributed by atoms with Gasteiger partial charge in [0.15, 0.2) is 0 Å². The molecule has 0 amide bonds. The largest absolute Gasteiger partial charge is 0.240 e. The molecule has 0 heterocycles. The molecule has 3 nitrogen and oxygen atoms in total. The van der Waals surface area contributed by atoms with Crippen molar-refractivity contribution < 1.29 is 8.42 Å². The molecule has 0 aliphatic rings. The van der Waals surface area contributed by atoms with Crippen LogP contribution in [0, 0.1) is 6.92 Å². The molecular weight excluding hydrogens is 330 g/mol. The van der Waals surface area contributed by atoms with Gasteiger partial charge in [0, 0.05) is 12.0 Å². The highest BCUT2D eigenvalue weighted by molar-refractivity contribution is 7.89. The normalized spacial score (nSPS) is 11.9. The first-order chi connectivity index (χ1) is 11.9. The molecule has 2 rings (SSSR count). The quantitative estimate of drug-likeness (QED) is 0.679. The lowest BCUT2D eigenvalue weighted by molar-refractivity contribution is 0.428. The Morgan fingerprint density at radius 2 is 1.52 bits per heavy atom. The summed E-state index contributed by atoms with van der Waals surface area (Å²) in [6, 6.07) is 16.8. The van der Waals surface area contributed by atoms with Crippen LogP contribution in [0.15, 0.2) is 84.8 Å². The third-order valence-electron chi connectivity index (χ3n) is 4.39. The van der Waals surface area contributed by atoms with Crippen LogP contribution in [0.3, 0.4) is 0 Å². The van der Waals surface area contributed by atoms with E-state index in [2.05, 4.69) is 17.9 Å². The van der Waals surface area contributed by atoms with Gasteiger partial charge in [-0.25, -0.2) is 13.1 Å². The predicted molar refractivity (Wildman–Crippen MR) is 104 cm³/mol. The van der Waals surface area contributed by atoms with Gasteiger partial charge >= 0.3 is 0 Å². The van der Waals surface area contributed by atoms with E-state index >= 15 is 0 Å². The molecule has 0 saturated carbocycles. The van der Waals surface area contributed by atoms with Gasteiger partial charge in [-0.15, -0.1) is 13.2 Å². The number of sulfonamides is 1. The summed E-state index contributed by atoms with van der Waals surface area (Å²) in [5, 5.41) is 0. The second-order valence-electron chi connectivity index (χ2n) is 6.27. The fourth-order valence-corrected chi connectivity index (χ4v) is 4.07. The molecule has 0 saturated heterocycles. The van der Waals surface area contributed by atoms with Crippen molar-refractivity contribution in [3.05, 3.63) is 91.0 Å². The molecule has 4 heteroatoms. The van der Waals surface area contributed by atoms with Crippen LogP contribution in [0.1, 0.15) is 24.0 Å². The zero-order chi connectivity index (χ0) is 18.3. The van der Waals surface area contributed by atoms with E-state index in [0.717, 1.165) is 11.1 Å². The Labute approximate surface area is 151 Å². The Morgan fingerprint density at radius 3 is 2.04 bits per heavy atom. The molecule has 0 atom stereocenters. The topological polar surface area (TPSA) is 46.2 Å². The summed E-state index contributed by atoms with van der Waals surface area (Å²) < 4.78 is 28.1. The smallest absolute Gasteiger partial charge is 0.210 e. The van der Waals surface area contributed by atoms with Gasteiger partial charge in [0.1, 0.15) is 0 Å². The standard InChI is InChI=1S/C21H25NO2S/c1-4-15-21(16-5-2,19-9-7-6-8-10-19)17-22-25(23,24)20-13-11-18(3)12-14-20/h4-14,22H,1-2,15-17H2,3H3. The summed E-state index contributed by atoms with van der Waals surface area (Å²) in [4.78, 5) is 0.275. The molecule has 1 N–H and O–H groups in total. The number of benzene rings is 2. The summed E-state index contributed by atoms with van der Waals surface area (Å²) in [6.45, 7) is 9.92. The van der Waals surface area contributed by atoms with Crippen LogP contribution in [-0.4, -0.2) is 15.0 Å². The van der Waals surface area contributed by atoms with E-state index in [4.69, 9.17) is 0 Å². The lowest BCUT2D eigenvalue weighted by Crippen LogP contribution is -2.40. The van der Waals surface area contributed by atoms with Gasteiger partial charge in [0.2, 0.25) is 10.0 Å². The van der Waals surface area contributed by atoms with Crippen LogP contribution < -0.4 is 4.72 Å². The third kappa shape index (κ3) is 4.68. The third-order valence-corrected chi connectivity index (χ3v) is 5.81. The minimum Gasteiger partial charge on any atom is -0.210 e. The monoisotopic (exact) mass is 355 g/mol. The molecule has 0 spiro atoms. The van der Waals surface area contributed by atoms with E-state index in [9.17, 15) is 8.42 Å². The highest BCUT2D eigenvalue weighted by atomic mass is 32.2. The second-order valence-corrected chi connectivity index (χ2v) is 8.04. The van der Waals surface area contributed by atoms with Gasteiger partial charge in [-0.3, -0.25) is 0 Å². The number of rotatable bonds is 9. The van der Waals surface area contributed by atoms with Crippen LogP contribution in [0.5, 0.6) is 0 Å². The maximum absolute atomic E-state index is 12.7. The van der Waals surface area contributed by atoms with Gasteiger partial charge < -0.3 is 0 Å². The molecule has 0 radical (unpaired) electrons. The van der Waals surface area contributed by atoms with Crippen LogP contribution in [0.25, 0.3) is 0 Å². The Bertz CT molecular complexity index is 799. The van der Waals surface area contributed by atoms with Gasteiger partial charge in [-0.1, -0.05) is 60.2 Å². The molecule has 0 aliphatic heterocycles. The summed E-state index contributed by atoms with van der Waals surface area (Å²) >= 11 is 0. The second kappa shape index (κ2) is 8.28. The van der Waals surface area contributed by atoms with Gasteiger partial charge in [-0.2, -0.15) is 0 Å². The highest BCUT2D eigenvalue weighted by Crippen LogP contribution is 2.32. The maximum Gasteiger partial charge on any atom is 0.240 e. The minimum atomic E-state index is -3.57. The fourth-order valence-electron chi connectivity index (χ4n) is 2.94. The number of nitrogens with one attached hydrogen (secondary N) is 1. The first-order valence-electron chi connectivity index (χ1n) is 8.27. The van der Waals surface area contributed by atoms with Crippen LogP contribution in [-0.2, 0) is 15.4 Å². The zero-order valence-corrected chi connectivity index (χ0v) is 15.4. The Hall–Kier alpha value is -2.17. The van der Waals surface area contributed by atoms with Crippen molar-refractivity contribution in [1.29, 1.82) is 0 Å². The van der Waals surface area contributed by atoms with E-state index in [0.29, 0.717) is 12.8 Å². The molecule has 132 valence electrons. The SMILES string of the molecule is C=CCC(CC=C)(CNS(=O)(=O)c1ccc(C)cc1)c1ccccc1. The van der Waals surface area contributed by atoms with Crippen molar-refractivity contribution in [2.45, 2.75) is 30.1 Å².